The van der Waals surface area contributed by atoms with Gasteiger partial charge in [-0.2, -0.15) is 0 Å². The first kappa shape index (κ1) is 17.7. The molecule has 0 spiro atoms. The Morgan fingerprint density at radius 3 is 2.33 bits per heavy atom. The summed E-state index contributed by atoms with van der Waals surface area (Å²) in [5.41, 5.74) is 7.11. The summed E-state index contributed by atoms with van der Waals surface area (Å²) in [6.45, 7) is 7.81. The lowest BCUT2D eigenvalue weighted by Gasteiger charge is -2.19. The van der Waals surface area contributed by atoms with E-state index in [4.69, 9.17) is 5.73 Å². The Balaban J connectivity index is 2.84. The highest BCUT2D eigenvalue weighted by atomic mass is 32.2. The Labute approximate surface area is 128 Å². The van der Waals surface area contributed by atoms with Crippen molar-refractivity contribution in [1.82, 2.24) is 9.21 Å². The lowest BCUT2D eigenvalue weighted by molar-refractivity contribution is 0.316. The van der Waals surface area contributed by atoms with E-state index in [0.29, 0.717) is 11.4 Å². The summed E-state index contributed by atoms with van der Waals surface area (Å²) in [7, 11) is -0.413. The first-order chi connectivity index (χ1) is 9.82. The fourth-order valence-electron chi connectivity index (χ4n) is 1.95. The molecule has 0 aliphatic rings. The largest absolute Gasteiger partial charge is 0.397 e. The Kier molecular flexibility index (Phi) is 6.44. The number of hydrogen-bond donors (Lipinski definition) is 2. The summed E-state index contributed by atoms with van der Waals surface area (Å²) < 4.78 is 25.4. The molecule has 7 heteroatoms. The molecule has 120 valence electrons. The van der Waals surface area contributed by atoms with Crippen LogP contribution in [0.25, 0.3) is 0 Å². The number of nitrogens with two attached hydrogens (primary N) is 1. The maximum Gasteiger partial charge on any atom is 0.242 e. The van der Waals surface area contributed by atoms with Crippen molar-refractivity contribution in [3.63, 3.8) is 0 Å². The number of likely N-dealkylation sites (N-methyl/N-ethyl adjacent to an activating group) is 1. The molecule has 0 saturated heterocycles. The molecule has 1 aromatic rings. The predicted molar refractivity (Wildman–Crippen MR) is 88.0 cm³/mol. The van der Waals surface area contributed by atoms with Crippen LogP contribution in [-0.4, -0.2) is 57.9 Å². The van der Waals surface area contributed by atoms with Crippen molar-refractivity contribution in [2.24, 2.45) is 0 Å². The van der Waals surface area contributed by atoms with Gasteiger partial charge >= 0.3 is 0 Å². The molecule has 0 fully saturated rings. The number of sulfonamides is 1. The number of nitrogen functional groups attached to an aromatic ring is 1. The second kappa shape index (κ2) is 7.63. The molecular weight excluding hydrogens is 288 g/mol. The Bertz CT molecular complexity index is 554. The van der Waals surface area contributed by atoms with Crippen LogP contribution in [0.15, 0.2) is 23.1 Å². The number of nitrogens with one attached hydrogen (secondary N) is 1. The molecule has 0 bridgehead atoms. The number of rotatable bonds is 8. The van der Waals surface area contributed by atoms with Gasteiger partial charge in [0.25, 0.3) is 0 Å². The number of hydrogen-bond acceptors (Lipinski definition) is 5. The van der Waals surface area contributed by atoms with Crippen molar-refractivity contribution >= 4 is 21.4 Å². The molecule has 21 heavy (non-hydrogen) atoms. The second-order valence-corrected chi connectivity index (χ2v) is 7.14. The molecule has 0 radical (unpaired) electrons. The lowest BCUT2D eigenvalue weighted by atomic mass is 10.2. The van der Waals surface area contributed by atoms with Gasteiger partial charge in [-0.15, -0.1) is 0 Å². The normalized spacial score (nSPS) is 12.1. The van der Waals surface area contributed by atoms with Gasteiger partial charge in [-0.1, -0.05) is 13.8 Å². The minimum atomic E-state index is -3.44. The van der Waals surface area contributed by atoms with Crippen molar-refractivity contribution in [2.45, 2.75) is 18.7 Å². The van der Waals surface area contributed by atoms with Crippen LogP contribution in [0.1, 0.15) is 13.8 Å². The molecule has 0 heterocycles. The topological polar surface area (TPSA) is 78.7 Å². The summed E-state index contributed by atoms with van der Waals surface area (Å²) >= 11 is 0. The van der Waals surface area contributed by atoms with Crippen LogP contribution < -0.4 is 11.1 Å². The average molecular weight is 314 g/mol. The summed E-state index contributed by atoms with van der Waals surface area (Å²) in [4.78, 5) is 2.52. The first-order valence-electron chi connectivity index (χ1n) is 7.11. The van der Waals surface area contributed by atoms with Crippen molar-refractivity contribution in [3.05, 3.63) is 18.2 Å². The third-order valence-corrected chi connectivity index (χ3v) is 5.25. The van der Waals surface area contributed by atoms with Gasteiger partial charge in [-0.3, -0.25) is 0 Å². The molecule has 0 saturated carbocycles. The molecule has 0 aliphatic heterocycles. The van der Waals surface area contributed by atoms with E-state index < -0.39 is 10.0 Å². The van der Waals surface area contributed by atoms with Gasteiger partial charge in [-0.05, 0) is 31.3 Å². The Morgan fingerprint density at radius 1 is 1.19 bits per heavy atom. The van der Waals surface area contributed by atoms with E-state index in [9.17, 15) is 8.42 Å². The summed E-state index contributed by atoms with van der Waals surface area (Å²) in [6.07, 6.45) is 0. The minimum absolute atomic E-state index is 0.243. The van der Waals surface area contributed by atoms with Crippen LogP contribution in [-0.2, 0) is 10.0 Å². The van der Waals surface area contributed by atoms with Gasteiger partial charge in [-0.25, -0.2) is 12.7 Å². The SMILES string of the molecule is CCN(CC)CCNc1cc(S(=O)(=O)N(C)C)ccc1N. The predicted octanol–water partition coefficient (Wildman–Crippen LogP) is 1.27. The first-order valence-corrected chi connectivity index (χ1v) is 8.55. The molecule has 6 nitrogen and oxygen atoms in total. The van der Waals surface area contributed by atoms with Gasteiger partial charge in [0, 0.05) is 27.2 Å². The number of anilines is 2. The van der Waals surface area contributed by atoms with Crippen LogP contribution in [0.2, 0.25) is 0 Å². The van der Waals surface area contributed by atoms with E-state index in [1.54, 1.807) is 12.1 Å². The number of nitrogens with zero attached hydrogens (tertiary/aromatic N) is 2. The highest BCUT2D eigenvalue weighted by Crippen LogP contribution is 2.24. The average Bonchev–Trinajstić information content (AvgIpc) is 2.45. The minimum Gasteiger partial charge on any atom is -0.397 e. The molecular formula is C14H26N4O2S. The molecule has 0 unspecified atom stereocenters. The van der Waals surface area contributed by atoms with Crippen LogP contribution in [0.4, 0.5) is 11.4 Å². The molecule has 3 N–H and O–H groups in total. The fourth-order valence-corrected chi connectivity index (χ4v) is 2.88. The van der Waals surface area contributed by atoms with E-state index >= 15 is 0 Å². The summed E-state index contributed by atoms with van der Waals surface area (Å²) in [5.74, 6) is 0. The van der Waals surface area contributed by atoms with E-state index in [2.05, 4.69) is 24.1 Å². The standard InChI is InChI=1S/C14H26N4O2S/c1-5-18(6-2)10-9-16-14-11-12(7-8-13(14)15)21(19,20)17(3)4/h7-8,11,16H,5-6,9-10,15H2,1-4H3. The van der Waals surface area contributed by atoms with E-state index in [1.807, 2.05) is 0 Å². The van der Waals surface area contributed by atoms with Crippen LogP contribution in [0, 0.1) is 0 Å². The van der Waals surface area contributed by atoms with Gasteiger partial charge in [0.05, 0.1) is 16.3 Å². The van der Waals surface area contributed by atoms with Crippen molar-refractivity contribution in [2.75, 3.05) is 51.3 Å². The number of benzene rings is 1. The summed E-state index contributed by atoms with van der Waals surface area (Å²) in [6, 6.07) is 4.74. The Hall–Kier alpha value is -1.31. The quantitative estimate of drug-likeness (QED) is 0.707. The zero-order chi connectivity index (χ0) is 16.0. The van der Waals surface area contributed by atoms with Crippen LogP contribution >= 0.6 is 0 Å². The van der Waals surface area contributed by atoms with E-state index in [-0.39, 0.29) is 4.90 Å². The van der Waals surface area contributed by atoms with Crippen LogP contribution in [0.3, 0.4) is 0 Å². The third kappa shape index (κ3) is 4.59. The molecule has 0 aliphatic carbocycles. The molecule has 1 rings (SSSR count). The maximum atomic E-state index is 12.1. The second-order valence-electron chi connectivity index (χ2n) is 4.99. The van der Waals surface area contributed by atoms with Gasteiger partial charge in [0.15, 0.2) is 0 Å². The highest BCUT2D eigenvalue weighted by molar-refractivity contribution is 7.89. The van der Waals surface area contributed by atoms with Crippen molar-refractivity contribution < 1.29 is 8.42 Å². The van der Waals surface area contributed by atoms with Crippen LogP contribution in [0.5, 0.6) is 0 Å². The molecule has 0 amide bonds. The fraction of sp³-hybridized carbons (Fsp3) is 0.571. The zero-order valence-electron chi connectivity index (χ0n) is 13.3. The monoisotopic (exact) mass is 314 g/mol. The maximum absolute atomic E-state index is 12.1. The van der Waals surface area contributed by atoms with E-state index in [1.165, 1.54) is 24.5 Å². The highest BCUT2D eigenvalue weighted by Gasteiger charge is 2.18. The van der Waals surface area contributed by atoms with Gasteiger partial charge in [0.2, 0.25) is 10.0 Å². The van der Waals surface area contributed by atoms with Crippen molar-refractivity contribution in [1.29, 1.82) is 0 Å². The molecule has 0 atom stereocenters. The molecule has 1 aromatic carbocycles. The van der Waals surface area contributed by atoms with Crippen molar-refractivity contribution in [3.8, 4) is 0 Å². The Morgan fingerprint density at radius 2 is 1.81 bits per heavy atom. The zero-order valence-corrected chi connectivity index (χ0v) is 14.1. The summed E-state index contributed by atoms with van der Waals surface area (Å²) in [5, 5.41) is 3.21. The van der Waals surface area contributed by atoms with Gasteiger partial charge < -0.3 is 16.0 Å². The third-order valence-electron chi connectivity index (χ3n) is 3.44. The lowest BCUT2D eigenvalue weighted by Crippen LogP contribution is -2.28. The smallest absolute Gasteiger partial charge is 0.242 e. The van der Waals surface area contributed by atoms with Gasteiger partial charge in [0.1, 0.15) is 0 Å². The van der Waals surface area contributed by atoms with E-state index in [0.717, 1.165) is 26.2 Å². The molecule has 0 aromatic heterocycles.